The number of aryl methyl sites for hydroxylation is 3. The Balaban J connectivity index is 1.73. The van der Waals surface area contributed by atoms with E-state index in [9.17, 15) is 4.79 Å². The Morgan fingerprint density at radius 1 is 0.923 bits per heavy atom. The van der Waals surface area contributed by atoms with Crippen molar-refractivity contribution < 1.29 is 4.79 Å². The fourth-order valence-corrected chi connectivity index (χ4v) is 3.29. The topological polar surface area (TPSA) is 46.9 Å². The second kappa shape index (κ2) is 7.56. The molecular formula is C22H25N3O. The minimum atomic E-state index is 0.0199. The van der Waals surface area contributed by atoms with Crippen LogP contribution < -0.4 is 5.32 Å². The monoisotopic (exact) mass is 347 g/mol. The van der Waals surface area contributed by atoms with Crippen molar-refractivity contribution in [3.8, 4) is 5.69 Å². The van der Waals surface area contributed by atoms with E-state index in [4.69, 9.17) is 0 Å². The Morgan fingerprint density at radius 2 is 1.58 bits per heavy atom. The van der Waals surface area contributed by atoms with Crippen LogP contribution in [0.25, 0.3) is 5.69 Å². The molecule has 3 aromatic rings. The van der Waals surface area contributed by atoms with Gasteiger partial charge in [-0.05, 0) is 56.5 Å². The minimum Gasteiger partial charge on any atom is -0.352 e. The predicted molar refractivity (Wildman–Crippen MR) is 105 cm³/mol. The molecule has 4 heteroatoms. The number of para-hydroxylation sites is 1. The Kier molecular flexibility index (Phi) is 5.21. The number of nitrogens with one attached hydrogen (secondary N) is 1. The molecule has 0 atom stereocenters. The van der Waals surface area contributed by atoms with E-state index in [0.717, 1.165) is 22.6 Å². The van der Waals surface area contributed by atoms with Gasteiger partial charge in [-0.1, -0.05) is 36.4 Å². The highest BCUT2D eigenvalue weighted by Crippen LogP contribution is 2.18. The first-order valence-electron chi connectivity index (χ1n) is 8.89. The van der Waals surface area contributed by atoms with Gasteiger partial charge in [0.2, 0.25) is 5.91 Å². The molecule has 4 nitrogen and oxygen atoms in total. The van der Waals surface area contributed by atoms with Crippen LogP contribution in [0.5, 0.6) is 0 Å². The number of benzene rings is 2. The van der Waals surface area contributed by atoms with Crippen molar-refractivity contribution in [3.05, 3.63) is 82.2 Å². The van der Waals surface area contributed by atoms with Crippen molar-refractivity contribution >= 4 is 5.91 Å². The fourth-order valence-electron chi connectivity index (χ4n) is 3.29. The molecule has 0 saturated carbocycles. The highest BCUT2D eigenvalue weighted by molar-refractivity contribution is 5.79. The lowest BCUT2D eigenvalue weighted by Gasteiger charge is -2.11. The molecule has 0 aliphatic carbocycles. The second-order valence-electron chi connectivity index (χ2n) is 6.72. The van der Waals surface area contributed by atoms with Crippen molar-refractivity contribution in [3.63, 3.8) is 0 Å². The van der Waals surface area contributed by atoms with E-state index in [1.54, 1.807) is 0 Å². The average Bonchev–Trinajstić information content (AvgIpc) is 2.90. The smallest absolute Gasteiger partial charge is 0.224 e. The summed E-state index contributed by atoms with van der Waals surface area (Å²) in [6, 6.07) is 16.2. The Bertz CT molecular complexity index is 906. The zero-order valence-corrected chi connectivity index (χ0v) is 15.8. The number of aromatic nitrogens is 2. The van der Waals surface area contributed by atoms with Crippen LogP contribution in [0.4, 0.5) is 0 Å². The van der Waals surface area contributed by atoms with Crippen molar-refractivity contribution in [2.45, 2.75) is 40.7 Å². The van der Waals surface area contributed by atoms with Gasteiger partial charge in [0.25, 0.3) is 0 Å². The maximum atomic E-state index is 12.5. The van der Waals surface area contributed by atoms with Crippen LogP contribution in [0.2, 0.25) is 0 Å². The summed E-state index contributed by atoms with van der Waals surface area (Å²) in [5.74, 6) is 0.0199. The molecule has 3 rings (SSSR count). The largest absolute Gasteiger partial charge is 0.352 e. The van der Waals surface area contributed by atoms with E-state index in [1.807, 2.05) is 54.9 Å². The molecule has 0 aliphatic rings. The highest BCUT2D eigenvalue weighted by Gasteiger charge is 2.16. The molecule has 2 aromatic carbocycles. The van der Waals surface area contributed by atoms with E-state index in [-0.39, 0.29) is 5.91 Å². The maximum Gasteiger partial charge on any atom is 0.224 e. The third-order valence-corrected chi connectivity index (χ3v) is 4.89. The number of rotatable bonds is 5. The summed E-state index contributed by atoms with van der Waals surface area (Å²) in [7, 11) is 0. The fraction of sp³-hybridized carbons (Fsp3) is 0.273. The van der Waals surface area contributed by atoms with Crippen molar-refractivity contribution in [1.82, 2.24) is 15.1 Å². The molecule has 1 aromatic heterocycles. The van der Waals surface area contributed by atoms with Gasteiger partial charge in [0.05, 0.1) is 17.8 Å². The zero-order valence-electron chi connectivity index (χ0n) is 15.8. The lowest BCUT2D eigenvalue weighted by molar-refractivity contribution is -0.120. The van der Waals surface area contributed by atoms with E-state index in [1.165, 1.54) is 16.7 Å². The van der Waals surface area contributed by atoms with E-state index in [2.05, 4.69) is 36.4 Å². The van der Waals surface area contributed by atoms with Crippen LogP contribution in [-0.2, 0) is 17.8 Å². The molecular weight excluding hydrogens is 322 g/mol. The average molecular weight is 347 g/mol. The third kappa shape index (κ3) is 3.69. The van der Waals surface area contributed by atoms with Gasteiger partial charge >= 0.3 is 0 Å². The summed E-state index contributed by atoms with van der Waals surface area (Å²) in [5, 5.41) is 7.67. The Labute approximate surface area is 154 Å². The number of hydrogen-bond acceptors (Lipinski definition) is 2. The number of nitrogens with zero attached hydrogens (tertiary/aromatic N) is 2. The van der Waals surface area contributed by atoms with Gasteiger partial charge in [-0.3, -0.25) is 4.79 Å². The van der Waals surface area contributed by atoms with E-state index in [0.29, 0.717) is 13.0 Å². The van der Waals surface area contributed by atoms with Gasteiger partial charge in [-0.2, -0.15) is 5.10 Å². The summed E-state index contributed by atoms with van der Waals surface area (Å²) in [4.78, 5) is 12.5. The van der Waals surface area contributed by atoms with Crippen LogP contribution >= 0.6 is 0 Å². The summed E-state index contributed by atoms with van der Waals surface area (Å²) < 4.78 is 1.91. The SMILES string of the molecule is Cc1cccc(C)c1CNC(=O)Cc1c(C)nn(-c2ccccc2)c1C. The van der Waals surface area contributed by atoms with E-state index >= 15 is 0 Å². The minimum absolute atomic E-state index is 0.0199. The van der Waals surface area contributed by atoms with Crippen LogP contribution in [-0.4, -0.2) is 15.7 Å². The Hall–Kier alpha value is -2.88. The standard InChI is InChI=1S/C22H25N3O/c1-15-9-8-10-16(2)21(15)14-23-22(26)13-20-17(3)24-25(18(20)4)19-11-6-5-7-12-19/h5-12H,13-14H2,1-4H3,(H,23,26). The summed E-state index contributed by atoms with van der Waals surface area (Å²) >= 11 is 0. The van der Waals surface area contributed by atoms with E-state index < -0.39 is 0 Å². The second-order valence-corrected chi connectivity index (χ2v) is 6.72. The first-order valence-corrected chi connectivity index (χ1v) is 8.89. The van der Waals surface area contributed by atoms with Crippen LogP contribution in [0.3, 0.4) is 0 Å². The first kappa shape index (κ1) is 17.9. The van der Waals surface area contributed by atoms with Gasteiger partial charge in [-0.25, -0.2) is 4.68 Å². The number of amides is 1. The summed E-state index contributed by atoms with van der Waals surface area (Å²) in [5.41, 5.74) is 7.51. The number of hydrogen-bond donors (Lipinski definition) is 1. The molecule has 1 N–H and O–H groups in total. The molecule has 26 heavy (non-hydrogen) atoms. The molecule has 134 valence electrons. The molecule has 0 unspecified atom stereocenters. The Morgan fingerprint density at radius 3 is 2.23 bits per heavy atom. The number of carbonyl (C=O) groups is 1. The molecule has 0 radical (unpaired) electrons. The zero-order chi connectivity index (χ0) is 18.7. The molecule has 0 spiro atoms. The first-order chi connectivity index (χ1) is 12.5. The third-order valence-electron chi connectivity index (χ3n) is 4.89. The number of carbonyl (C=O) groups excluding carboxylic acids is 1. The quantitative estimate of drug-likeness (QED) is 0.759. The molecule has 0 saturated heterocycles. The highest BCUT2D eigenvalue weighted by atomic mass is 16.1. The van der Waals surface area contributed by atoms with Crippen molar-refractivity contribution in [1.29, 1.82) is 0 Å². The van der Waals surface area contributed by atoms with Crippen LogP contribution in [0.1, 0.15) is 33.6 Å². The van der Waals surface area contributed by atoms with Crippen LogP contribution in [0.15, 0.2) is 48.5 Å². The predicted octanol–water partition coefficient (Wildman–Crippen LogP) is 3.96. The maximum absolute atomic E-state index is 12.5. The van der Waals surface area contributed by atoms with Gasteiger partial charge < -0.3 is 5.32 Å². The molecule has 1 amide bonds. The van der Waals surface area contributed by atoms with Gasteiger partial charge in [0, 0.05) is 17.8 Å². The molecule has 0 bridgehead atoms. The molecule has 1 heterocycles. The normalized spacial score (nSPS) is 10.8. The van der Waals surface area contributed by atoms with Crippen molar-refractivity contribution in [2.75, 3.05) is 0 Å². The lowest BCUT2D eigenvalue weighted by Crippen LogP contribution is -2.25. The van der Waals surface area contributed by atoms with Gasteiger partial charge in [0.15, 0.2) is 0 Å². The molecule has 0 fully saturated rings. The van der Waals surface area contributed by atoms with Gasteiger partial charge in [0.1, 0.15) is 0 Å². The lowest BCUT2D eigenvalue weighted by atomic mass is 10.0. The van der Waals surface area contributed by atoms with Crippen LogP contribution in [0, 0.1) is 27.7 Å². The van der Waals surface area contributed by atoms with Crippen molar-refractivity contribution in [2.24, 2.45) is 0 Å². The summed E-state index contributed by atoms with van der Waals surface area (Å²) in [6.45, 7) is 8.68. The molecule has 0 aliphatic heterocycles. The summed E-state index contributed by atoms with van der Waals surface area (Å²) in [6.07, 6.45) is 0.343. The van der Waals surface area contributed by atoms with Gasteiger partial charge in [-0.15, -0.1) is 0 Å².